The molecule has 0 fully saturated rings. The first-order valence-electron chi connectivity index (χ1n) is 7.08. The highest BCUT2D eigenvalue weighted by atomic mass is 79.9. The van der Waals surface area contributed by atoms with Crippen molar-refractivity contribution in [2.75, 3.05) is 12.4 Å². The molecule has 1 aromatic heterocycles. The van der Waals surface area contributed by atoms with E-state index in [-0.39, 0.29) is 6.10 Å². The van der Waals surface area contributed by atoms with Crippen LogP contribution in [-0.2, 0) is 13.1 Å². The molecule has 2 aromatic rings. The van der Waals surface area contributed by atoms with Crippen LogP contribution < -0.4 is 14.8 Å². The molecular formula is C14H20BrN5O2. The monoisotopic (exact) mass is 369 g/mol. The van der Waals surface area contributed by atoms with Gasteiger partial charge in [0.05, 0.1) is 13.2 Å². The fourth-order valence-corrected chi connectivity index (χ4v) is 2.40. The topological polar surface area (TPSA) is 74.1 Å². The molecule has 0 aliphatic heterocycles. The van der Waals surface area contributed by atoms with Gasteiger partial charge < -0.3 is 14.8 Å². The van der Waals surface area contributed by atoms with Crippen LogP contribution in [0.2, 0.25) is 0 Å². The molecule has 0 unspecified atom stereocenters. The lowest BCUT2D eigenvalue weighted by molar-refractivity contribution is 0.230. The van der Waals surface area contributed by atoms with Crippen molar-refractivity contribution < 1.29 is 9.47 Å². The average Bonchev–Trinajstić information content (AvgIpc) is 2.93. The second-order valence-electron chi connectivity index (χ2n) is 4.93. The van der Waals surface area contributed by atoms with E-state index >= 15 is 0 Å². The van der Waals surface area contributed by atoms with Gasteiger partial charge in [-0.2, -0.15) is 0 Å². The van der Waals surface area contributed by atoms with Gasteiger partial charge in [0.1, 0.15) is 0 Å². The maximum Gasteiger partial charge on any atom is 0.243 e. The van der Waals surface area contributed by atoms with Crippen molar-refractivity contribution in [3.63, 3.8) is 0 Å². The summed E-state index contributed by atoms with van der Waals surface area (Å²) >= 11 is 3.57. The first-order chi connectivity index (χ1) is 10.5. The number of rotatable bonds is 7. The molecule has 8 heteroatoms. The predicted octanol–water partition coefficient (Wildman–Crippen LogP) is 2.86. The molecule has 0 amide bonds. The lowest BCUT2D eigenvalue weighted by Crippen LogP contribution is -2.10. The third-order valence-corrected chi connectivity index (χ3v) is 3.70. The highest BCUT2D eigenvalue weighted by Gasteiger charge is 2.12. The lowest BCUT2D eigenvalue weighted by atomic mass is 10.2. The smallest absolute Gasteiger partial charge is 0.243 e. The second kappa shape index (κ2) is 7.44. The Morgan fingerprint density at radius 1 is 1.32 bits per heavy atom. The maximum absolute atomic E-state index is 5.75. The van der Waals surface area contributed by atoms with Crippen molar-refractivity contribution in [2.24, 2.45) is 0 Å². The molecule has 22 heavy (non-hydrogen) atoms. The Morgan fingerprint density at radius 3 is 2.73 bits per heavy atom. The standard InChI is InChI=1S/C14H20BrN5O2/c1-5-20-14(17-18-19-20)16-8-10-6-12(21-4)13(7-11(10)15)22-9(2)3/h6-7,9H,5,8H2,1-4H3,(H,16,17,19). The van der Waals surface area contributed by atoms with Crippen molar-refractivity contribution in [3.05, 3.63) is 22.2 Å². The maximum atomic E-state index is 5.75. The molecule has 1 heterocycles. The quantitative estimate of drug-likeness (QED) is 0.808. The van der Waals surface area contributed by atoms with Crippen molar-refractivity contribution in [3.8, 4) is 11.5 Å². The van der Waals surface area contributed by atoms with Gasteiger partial charge in [0.15, 0.2) is 11.5 Å². The van der Waals surface area contributed by atoms with E-state index in [4.69, 9.17) is 9.47 Å². The molecule has 0 saturated heterocycles. The fraction of sp³-hybridized carbons (Fsp3) is 0.500. The number of aromatic nitrogens is 4. The highest BCUT2D eigenvalue weighted by molar-refractivity contribution is 9.10. The van der Waals surface area contributed by atoms with Crippen molar-refractivity contribution >= 4 is 21.9 Å². The van der Waals surface area contributed by atoms with Crippen LogP contribution in [0.1, 0.15) is 26.3 Å². The Bertz CT molecular complexity index is 630. The number of hydrogen-bond acceptors (Lipinski definition) is 6. The van der Waals surface area contributed by atoms with E-state index in [1.807, 2.05) is 32.9 Å². The van der Waals surface area contributed by atoms with E-state index in [0.29, 0.717) is 30.5 Å². The summed E-state index contributed by atoms with van der Waals surface area (Å²) in [4.78, 5) is 0. The van der Waals surface area contributed by atoms with Crippen LogP contribution in [0.15, 0.2) is 16.6 Å². The van der Waals surface area contributed by atoms with Crippen molar-refractivity contribution in [2.45, 2.75) is 40.0 Å². The van der Waals surface area contributed by atoms with Crippen LogP contribution in [0.3, 0.4) is 0 Å². The number of nitrogens with zero attached hydrogens (tertiary/aromatic N) is 4. The van der Waals surface area contributed by atoms with E-state index in [1.165, 1.54) is 0 Å². The summed E-state index contributed by atoms with van der Waals surface area (Å²) < 4.78 is 13.8. The highest BCUT2D eigenvalue weighted by Crippen LogP contribution is 2.34. The summed E-state index contributed by atoms with van der Waals surface area (Å²) in [5.41, 5.74) is 1.03. The molecule has 1 aromatic carbocycles. The molecule has 0 aliphatic carbocycles. The Kier molecular flexibility index (Phi) is 5.59. The van der Waals surface area contributed by atoms with Crippen LogP contribution in [0.4, 0.5) is 5.95 Å². The zero-order chi connectivity index (χ0) is 16.1. The molecule has 120 valence electrons. The van der Waals surface area contributed by atoms with E-state index in [0.717, 1.165) is 10.0 Å². The summed E-state index contributed by atoms with van der Waals surface area (Å²) in [5, 5.41) is 14.7. The first-order valence-corrected chi connectivity index (χ1v) is 7.87. The fourth-order valence-electron chi connectivity index (χ4n) is 1.94. The van der Waals surface area contributed by atoms with Crippen molar-refractivity contribution in [1.29, 1.82) is 0 Å². The third kappa shape index (κ3) is 3.88. The number of nitrogens with one attached hydrogen (secondary N) is 1. The zero-order valence-electron chi connectivity index (χ0n) is 13.1. The van der Waals surface area contributed by atoms with Crippen LogP contribution in [-0.4, -0.2) is 33.4 Å². The zero-order valence-corrected chi connectivity index (χ0v) is 14.7. The van der Waals surface area contributed by atoms with Gasteiger partial charge in [-0.15, -0.1) is 0 Å². The lowest BCUT2D eigenvalue weighted by Gasteiger charge is -2.16. The van der Waals surface area contributed by atoms with E-state index in [2.05, 4.69) is 36.8 Å². The number of hydrogen-bond donors (Lipinski definition) is 1. The minimum Gasteiger partial charge on any atom is -0.493 e. The van der Waals surface area contributed by atoms with E-state index in [9.17, 15) is 0 Å². The molecule has 0 spiro atoms. The largest absolute Gasteiger partial charge is 0.493 e. The number of halogens is 1. The van der Waals surface area contributed by atoms with Crippen LogP contribution in [0.25, 0.3) is 0 Å². The molecule has 0 radical (unpaired) electrons. The number of methoxy groups -OCH3 is 1. The predicted molar refractivity (Wildman–Crippen MR) is 87.3 cm³/mol. The molecule has 0 saturated carbocycles. The minimum atomic E-state index is 0.0824. The summed E-state index contributed by atoms with van der Waals surface area (Å²) in [6, 6.07) is 3.85. The van der Waals surface area contributed by atoms with Gasteiger partial charge >= 0.3 is 0 Å². The minimum absolute atomic E-state index is 0.0824. The summed E-state index contributed by atoms with van der Waals surface area (Å²) in [6.45, 7) is 7.22. The third-order valence-electron chi connectivity index (χ3n) is 2.96. The summed E-state index contributed by atoms with van der Waals surface area (Å²) in [6.07, 6.45) is 0.0824. The molecule has 0 bridgehead atoms. The normalized spacial score (nSPS) is 10.8. The first kappa shape index (κ1) is 16.5. The molecule has 1 N–H and O–H groups in total. The molecule has 2 rings (SSSR count). The van der Waals surface area contributed by atoms with Crippen LogP contribution in [0, 0.1) is 0 Å². The van der Waals surface area contributed by atoms with E-state index in [1.54, 1.807) is 11.8 Å². The van der Waals surface area contributed by atoms with Crippen LogP contribution >= 0.6 is 15.9 Å². The van der Waals surface area contributed by atoms with Gasteiger partial charge in [-0.25, -0.2) is 4.68 Å². The van der Waals surface area contributed by atoms with Crippen molar-refractivity contribution in [1.82, 2.24) is 20.2 Å². The molecular weight excluding hydrogens is 350 g/mol. The SMILES string of the molecule is CCn1nnnc1NCc1cc(OC)c(OC(C)C)cc1Br. The Balaban J connectivity index is 2.17. The average molecular weight is 370 g/mol. The molecule has 0 aliphatic rings. The van der Waals surface area contributed by atoms with Gasteiger partial charge in [0.2, 0.25) is 5.95 Å². The number of benzene rings is 1. The Hall–Kier alpha value is -1.83. The van der Waals surface area contributed by atoms with Gasteiger partial charge in [-0.05, 0) is 48.9 Å². The molecule has 0 atom stereocenters. The van der Waals surface area contributed by atoms with Gasteiger partial charge in [-0.3, -0.25) is 0 Å². The summed E-state index contributed by atoms with van der Waals surface area (Å²) in [5.74, 6) is 2.05. The van der Waals surface area contributed by atoms with Gasteiger partial charge in [0, 0.05) is 17.6 Å². The van der Waals surface area contributed by atoms with Gasteiger partial charge in [0.25, 0.3) is 0 Å². The molecule has 7 nitrogen and oxygen atoms in total. The number of tetrazole rings is 1. The number of aryl methyl sites for hydroxylation is 1. The number of anilines is 1. The van der Waals surface area contributed by atoms with E-state index < -0.39 is 0 Å². The Labute approximate surface area is 138 Å². The summed E-state index contributed by atoms with van der Waals surface area (Å²) in [7, 11) is 1.63. The van der Waals surface area contributed by atoms with Gasteiger partial charge in [-0.1, -0.05) is 21.0 Å². The second-order valence-corrected chi connectivity index (χ2v) is 5.79. The van der Waals surface area contributed by atoms with Crippen LogP contribution in [0.5, 0.6) is 11.5 Å². The Morgan fingerprint density at radius 2 is 2.09 bits per heavy atom. The number of ether oxygens (including phenoxy) is 2.